The smallest absolute Gasteiger partial charge is 0.235 e. The normalized spacial score (nSPS) is 16.9. The van der Waals surface area contributed by atoms with Gasteiger partial charge in [0.2, 0.25) is 5.91 Å². The zero-order valence-electron chi connectivity index (χ0n) is 12.2. The van der Waals surface area contributed by atoms with Gasteiger partial charge in [-0.05, 0) is 30.9 Å². The van der Waals surface area contributed by atoms with Crippen LogP contribution in [0.25, 0.3) is 0 Å². The van der Waals surface area contributed by atoms with E-state index in [1.807, 2.05) is 19.2 Å². The first-order valence-corrected chi connectivity index (χ1v) is 7.48. The van der Waals surface area contributed by atoms with Crippen molar-refractivity contribution < 1.29 is 4.79 Å². The van der Waals surface area contributed by atoms with Crippen LogP contribution < -0.4 is 5.73 Å². The van der Waals surface area contributed by atoms with E-state index in [0.29, 0.717) is 11.5 Å². The molecule has 2 rings (SSSR count). The summed E-state index contributed by atoms with van der Waals surface area (Å²) in [6.45, 7) is 2.67. The molecule has 0 heterocycles. The summed E-state index contributed by atoms with van der Waals surface area (Å²) in [7, 11) is 1.84. The van der Waals surface area contributed by atoms with Gasteiger partial charge in [0.05, 0.1) is 10.4 Å². The minimum Gasteiger partial charge on any atom is -0.392 e. The van der Waals surface area contributed by atoms with E-state index < -0.39 is 5.41 Å². The summed E-state index contributed by atoms with van der Waals surface area (Å²) >= 11 is 5.18. The van der Waals surface area contributed by atoms with Crippen LogP contribution in [-0.2, 0) is 11.3 Å². The van der Waals surface area contributed by atoms with Crippen molar-refractivity contribution in [1.82, 2.24) is 4.90 Å². The molecule has 0 unspecified atom stereocenters. The number of rotatable bonds is 4. The average molecular weight is 290 g/mol. The van der Waals surface area contributed by atoms with E-state index in [4.69, 9.17) is 18.0 Å². The van der Waals surface area contributed by atoms with Crippen molar-refractivity contribution in [2.45, 2.75) is 39.2 Å². The van der Waals surface area contributed by atoms with Crippen LogP contribution in [0, 0.1) is 12.3 Å². The number of nitrogens with two attached hydrogens (primary N) is 1. The molecule has 1 fully saturated rings. The molecule has 4 heteroatoms. The molecule has 0 saturated heterocycles. The van der Waals surface area contributed by atoms with Crippen molar-refractivity contribution >= 4 is 23.1 Å². The summed E-state index contributed by atoms with van der Waals surface area (Å²) in [5, 5.41) is 0. The Kier molecular flexibility index (Phi) is 4.43. The molecule has 0 aliphatic heterocycles. The highest BCUT2D eigenvalue weighted by Gasteiger charge is 2.45. The molecule has 0 radical (unpaired) electrons. The van der Waals surface area contributed by atoms with Gasteiger partial charge in [-0.1, -0.05) is 49.3 Å². The summed E-state index contributed by atoms with van der Waals surface area (Å²) in [6.07, 6.45) is 3.64. The van der Waals surface area contributed by atoms with E-state index >= 15 is 0 Å². The Bertz CT molecular complexity index is 521. The second kappa shape index (κ2) is 5.92. The molecule has 0 bridgehead atoms. The predicted octanol–water partition coefficient (Wildman–Crippen LogP) is 2.80. The van der Waals surface area contributed by atoms with Crippen molar-refractivity contribution in [1.29, 1.82) is 0 Å². The molecule has 0 aromatic heterocycles. The summed E-state index contributed by atoms with van der Waals surface area (Å²) in [5.41, 5.74) is 7.64. The van der Waals surface area contributed by atoms with Crippen molar-refractivity contribution in [2.75, 3.05) is 7.05 Å². The SMILES string of the molecule is Cc1ccccc1CN(C)C(=O)C1(C(N)=S)CCCC1. The third-order valence-electron chi connectivity index (χ3n) is 4.35. The highest BCUT2D eigenvalue weighted by atomic mass is 32.1. The van der Waals surface area contributed by atoms with Crippen LogP contribution >= 0.6 is 12.2 Å². The minimum absolute atomic E-state index is 0.0748. The largest absolute Gasteiger partial charge is 0.392 e. The van der Waals surface area contributed by atoms with Gasteiger partial charge in [-0.25, -0.2) is 0 Å². The van der Waals surface area contributed by atoms with E-state index in [-0.39, 0.29) is 5.91 Å². The van der Waals surface area contributed by atoms with Gasteiger partial charge < -0.3 is 10.6 Å². The minimum atomic E-state index is -0.604. The van der Waals surface area contributed by atoms with Crippen molar-refractivity contribution in [3.8, 4) is 0 Å². The number of carbonyl (C=O) groups is 1. The van der Waals surface area contributed by atoms with E-state index in [1.54, 1.807) is 4.90 Å². The Morgan fingerprint density at radius 2 is 1.95 bits per heavy atom. The maximum Gasteiger partial charge on any atom is 0.235 e. The molecular weight excluding hydrogens is 268 g/mol. The molecule has 1 aliphatic rings. The van der Waals surface area contributed by atoms with E-state index in [1.165, 1.54) is 11.1 Å². The third-order valence-corrected chi connectivity index (χ3v) is 4.74. The molecule has 3 nitrogen and oxygen atoms in total. The Hall–Kier alpha value is -1.42. The molecular formula is C16H22N2OS. The van der Waals surface area contributed by atoms with Crippen LogP contribution in [-0.4, -0.2) is 22.8 Å². The van der Waals surface area contributed by atoms with Crippen LogP contribution in [0.15, 0.2) is 24.3 Å². The molecule has 1 saturated carbocycles. The number of aryl methyl sites for hydroxylation is 1. The van der Waals surface area contributed by atoms with Crippen LogP contribution in [0.1, 0.15) is 36.8 Å². The summed E-state index contributed by atoms with van der Waals surface area (Å²) in [4.78, 5) is 14.9. The standard InChI is InChI=1S/C16H22N2OS/c1-12-7-3-4-8-13(12)11-18(2)15(19)16(14(17)20)9-5-6-10-16/h3-4,7-8H,5-6,9-11H2,1-2H3,(H2,17,20). The third kappa shape index (κ3) is 2.70. The Balaban J connectivity index is 2.16. The zero-order valence-corrected chi connectivity index (χ0v) is 13.0. The van der Waals surface area contributed by atoms with E-state index in [2.05, 4.69) is 19.1 Å². The van der Waals surface area contributed by atoms with Crippen LogP contribution in [0.3, 0.4) is 0 Å². The van der Waals surface area contributed by atoms with Gasteiger partial charge in [0.15, 0.2) is 0 Å². The molecule has 1 aromatic rings. The van der Waals surface area contributed by atoms with Gasteiger partial charge in [0.1, 0.15) is 0 Å². The topological polar surface area (TPSA) is 46.3 Å². The number of nitrogens with zero attached hydrogens (tertiary/aromatic N) is 1. The first-order chi connectivity index (χ1) is 9.47. The average Bonchev–Trinajstić information content (AvgIpc) is 2.91. The zero-order chi connectivity index (χ0) is 14.8. The summed E-state index contributed by atoms with van der Waals surface area (Å²) in [6, 6.07) is 8.13. The molecule has 1 amide bonds. The Labute approximate surface area is 126 Å². The monoisotopic (exact) mass is 290 g/mol. The highest BCUT2D eigenvalue weighted by molar-refractivity contribution is 7.80. The Morgan fingerprint density at radius 1 is 1.35 bits per heavy atom. The van der Waals surface area contributed by atoms with Crippen LogP contribution in [0.4, 0.5) is 0 Å². The van der Waals surface area contributed by atoms with E-state index in [0.717, 1.165) is 25.7 Å². The molecule has 1 aromatic carbocycles. The predicted molar refractivity (Wildman–Crippen MR) is 85.3 cm³/mol. The second-order valence-corrected chi connectivity index (χ2v) is 6.18. The van der Waals surface area contributed by atoms with Gasteiger partial charge in [0.25, 0.3) is 0 Å². The lowest BCUT2D eigenvalue weighted by Crippen LogP contribution is -2.47. The summed E-state index contributed by atoms with van der Waals surface area (Å²) < 4.78 is 0. The van der Waals surface area contributed by atoms with Crippen molar-refractivity contribution in [2.24, 2.45) is 11.1 Å². The second-order valence-electron chi connectivity index (χ2n) is 5.74. The fraction of sp³-hybridized carbons (Fsp3) is 0.500. The van der Waals surface area contributed by atoms with Crippen molar-refractivity contribution in [3.05, 3.63) is 35.4 Å². The molecule has 0 atom stereocenters. The number of amides is 1. The number of carbonyl (C=O) groups excluding carboxylic acids is 1. The fourth-order valence-electron chi connectivity index (χ4n) is 3.02. The highest BCUT2D eigenvalue weighted by Crippen LogP contribution is 2.40. The van der Waals surface area contributed by atoms with Gasteiger partial charge in [-0.15, -0.1) is 0 Å². The molecule has 2 N–H and O–H groups in total. The first kappa shape index (κ1) is 15.0. The summed E-state index contributed by atoms with van der Waals surface area (Å²) in [5.74, 6) is 0.0748. The van der Waals surface area contributed by atoms with Crippen molar-refractivity contribution in [3.63, 3.8) is 0 Å². The van der Waals surface area contributed by atoms with Crippen LogP contribution in [0.2, 0.25) is 0 Å². The Morgan fingerprint density at radius 3 is 2.50 bits per heavy atom. The quantitative estimate of drug-likeness (QED) is 0.867. The number of hydrogen-bond donors (Lipinski definition) is 1. The lowest BCUT2D eigenvalue weighted by atomic mass is 9.84. The maximum atomic E-state index is 12.8. The number of benzene rings is 1. The lowest BCUT2D eigenvalue weighted by Gasteiger charge is -2.31. The molecule has 108 valence electrons. The van der Waals surface area contributed by atoms with Gasteiger partial charge in [-0.2, -0.15) is 0 Å². The fourth-order valence-corrected chi connectivity index (χ4v) is 3.32. The maximum absolute atomic E-state index is 12.8. The van der Waals surface area contributed by atoms with Gasteiger partial charge in [-0.3, -0.25) is 4.79 Å². The molecule has 20 heavy (non-hydrogen) atoms. The van der Waals surface area contributed by atoms with Gasteiger partial charge in [0, 0.05) is 13.6 Å². The number of thiocarbonyl (C=S) groups is 1. The van der Waals surface area contributed by atoms with Gasteiger partial charge >= 0.3 is 0 Å². The van der Waals surface area contributed by atoms with E-state index in [9.17, 15) is 4.79 Å². The lowest BCUT2D eigenvalue weighted by molar-refractivity contribution is -0.137. The van der Waals surface area contributed by atoms with Crippen LogP contribution in [0.5, 0.6) is 0 Å². The number of hydrogen-bond acceptors (Lipinski definition) is 2. The molecule has 1 aliphatic carbocycles. The first-order valence-electron chi connectivity index (χ1n) is 7.07. The molecule has 0 spiro atoms.